The molecule has 0 saturated carbocycles. The zero-order valence-electron chi connectivity index (χ0n) is 17.0. The monoisotopic (exact) mass is 428 g/mol. The van der Waals surface area contributed by atoms with Crippen LogP contribution < -0.4 is 10.2 Å². The molecule has 2 aromatic heterocycles. The number of nitrogens with zero attached hydrogens (tertiary/aromatic N) is 5. The number of nitrogens with one attached hydrogen (secondary N) is 1. The SMILES string of the molecule is CCOCCCn1c(NC(=O)c2nc(N3CCCC3)ncc2Cl)nc2ccccc21. The second kappa shape index (κ2) is 9.40. The van der Waals surface area contributed by atoms with Crippen LogP contribution in [0.3, 0.4) is 0 Å². The van der Waals surface area contributed by atoms with E-state index in [1.54, 1.807) is 0 Å². The van der Waals surface area contributed by atoms with E-state index in [2.05, 4.69) is 25.2 Å². The Morgan fingerprint density at radius 3 is 2.83 bits per heavy atom. The number of aryl methyl sites for hydroxylation is 1. The molecule has 1 aromatic carbocycles. The Hall–Kier alpha value is -2.71. The molecule has 0 spiro atoms. The predicted octanol–water partition coefficient (Wildman–Crippen LogP) is 3.76. The molecule has 1 saturated heterocycles. The van der Waals surface area contributed by atoms with Crippen molar-refractivity contribution in [3.8, 4) is 0 Å². The fourth-order valence-corrected chi connectivity index (χ4v) is 3.79. The van der Waals surface area contributed by atoms with E-state index in [0.717, 1.165) is 43.4 Å². The van der Waals surface area contributed by atoms with E-state index in [1.165, 1.54) is 6.20 Å². The van der Waals surface area contributed by atoms with Gasteiger partial charge >= 0.3 is 0 Å². The summed E-state index contributed by atoms with van der Waals surface area (Å²) in [6, 6.07) is 7.79. The van der Waals surface area contributed by atoms with Gasteiger partial charge in [0, 0.05) is 32.8 Å². The lowest BCUT2D eigenvalue weighted by Crippen LogP contribution is -2.23. The van der Waals surface area contributed by atoms with Crippen LogP contribution in [0.25, 0.3) is 11.0 Å². The number of rotatable bonds is 8. The van der Waals surface area contributed by atoms with Crippen LogP contribution in [-0.4, -0.2) is 51.7 Å². The molecule has 1 aliphatic rings. The van der Waals surface area contributed by atoms with E-state index in [-0.39, 0.29) is 10.7 Å². The summed E-state index contributed by atoms with van der Waals surface area (Å²) in [5.74, 6) is 0.603. The molecular weight excluding hydrogens is 404 g/mol. The summed E-state index contributed by atoms with van der Waals surface area (Å²) in [4.78, 5) is 28.4. The highest BCUT2D eigenvalue weighted by atomic mass is 35.5. The first-order chi connectivity index (χ1) is 14.7. The summed E-state index contributed by atoms with van der Waals surface area (Å²) in [6.07, 6.45) is 4.49. The van der Waals surface area contributed by atoms with Gasteiger partial charge in [-0.15, -0.1) is 0 Å². The molecule has 3 heterocycles. The molecule has 3 aromatic rings. The number of carbonyl (C=O) groups excluding carboxylic acids is 1. The maximum atomic E-state index is 13.0. The van der Waals surface area contributed by atoms with E-state index in [4.69, 9.17) is 16.3 Å². The fourth-order valence-electron chi connectivity index (χ4n) is 3.61. The smallest absolute Gasteiger partial charge is 0.278 e. The number of para-hydroxylation sites is 2. The lowest BCUT2D eigenvalue weighted by Gasteiger charge is -2.16. The number of benzene rings is 1. The molecule has 0 aliphatic carbocycles. The van der Waals surface area contributed by atoms with Crippen molar-refractivity contribution >= 4 is 40.4 Å². The van der Waals surface area contributed by atoms with Crippen LogP contribution in [0.5, 0.6) is 0 Å². The minimum Gasteiger partial charge on any atom is -0.382 e. The first-order valence-corrected chi connectivity index (χ1v) is 10.7. The van der Waals surface area contributed by atoms with Crippen molar-refractivity contribution in [1.82, 2.24) is 19.5 Å². The summed E-state index contributed by atoms with van der Waals surface area (Å²) >= 11 is 6.25. The van der Waals surface area contributed by atoms with Crippen molar-refractivity contribution in [2.75, 3.05) is 36.5 Å². The molecule has 0 unspecified atom stereocenters. The third kappa shape index (κ3) is 4.39. The topological polar surface area (TPSA) is 85.2 Å². The maximum Gasteiger partial charge on any atom is 0.278 e. The van der Waals surface area contributed by atoms with Gasteiger partial charge in [-0.05, 0) is 38.3 Å². The third-order valence-electron chi connectivity index (χ3n) is 5.09. The number of aromatic nitrogens is 4. The van der Waals surface area contributed by atoms with Crippen molar-refractivity contribution < 1.29 is 9.53 Å². The van der Waals surface area contributed by atoms with Crippen LogP contribution >= 0.6 is 11.6 Å². The Kier molecular flexibility index (Phi) is 6.44. The fraction of sp³-hybridized carbons (Fsp3) is 0.429. The Morgan fingerprint density at radius 2 is 2.03 bits per heavy atom. The zero-order chi connectivity index (χ0) is 20.9. The van der Waals surface area contributed by atoms with E-state index in [0.29, 0.717) is 31.7 Å². The second-order valence-electron chi connectivity index (χ2n) is 7.14. The molecule has 1 N–H and O–H groups in total. The normalized spacial score (nSPS) is 13.9. The van der Waals surface area contributed by atoms with Gasteiger partial charge in [-0.3, -0.25) is 10.1 Å². The van der Waals surface area contributed by atoms with Gasteiger partial charge in [-0.2, -0.15) is 0 Å². The van der Waals surface area contributed by atoms with Crippen molar-refractivity contribution in [3.05, 3.63) is 41.2 Å². The van der Waals surface area contributed by atoms with Crippen molar-refractivity contribution in [3.63, 3.8) is 0 Å². The quantitative estimate of drug-likeness (QED) is 0.550. The lowest BCUT2D eigenvalue weighted by atomic mass is 10.3. The molecule has 8 nitrogen and oxygen atoms in total. The highest BCUT2D eigenvalue weighted by Crippen LogP contribution is 2.23. The minimum atomic E-state index is -0.399. The Bertz CT molecular complexity index is 1030. The van der Waals surface area contributed by atoms with Crippen LogP contribution in [0.15, 0.2) is 30.5 Å². The number of amides is 1. The van der Waals surface area contributed by atoms with Crippen LogP contribution in [0.4, 0.5) is 11.9 Å². The van der Waals surface area contributed by atoms with Crippen molar-refractivity contribution in [2.24, 2.45) is 0 Å². The number of anilines is 2. The van der Waals surface area contributed by atoms with Gasteiger partial charge in [0.15, 0.2) is 5.69 Å². The Balaban J connectivity index is 1.59. The van der Waals surface area contributed by atoms with Gasteiger partial charge in [-0.1, -0.05) is 23.7 Å². The molecule has 4 rings (SSSR count). The Labute approximate surface area is 180 Å². The highest BCUT2D eigenvalue weighted by Gasteiger charge is 2.21. The number of hydrogen-bond donors (Lipinski definition) is 1. The third-order valence-corrected chi connectivity index (χ3v) is 5.37. The average Bonchev–Trinajstić information content (AvgIpc) is 3.40. The molecule has 0 atom stereocenters. The molecule has 158 valence electrons. The minimum absolute atomic E-state index is 0.154. The number of halogens is 1. The maximum absolute atomic E-state index is 13.0. The van der Waals surface area contributed by atoms with Crippen LogP contribution in [-0.2, 0) is 11.3 Å². The molecule has 1 fully saturated rings. The predicted molar refractivity (Wildman–Crippen MR) is 117 cm³/mol. The summed E-state index contributed by atoms with van der Waals surface area (Å²) in [5, 5.41) is 3.11. The standard InChI is InChI=1S/C21H25ClN6O2/c1-2-30-13-7-12-28-17-9-4-3-8-16(17)24-21(28)26-19(29)18-15(22)14-23-20(25-18)27-10-5-6-11-27/h3-4,8-9,14H,2,5-7,10-13H2,1H3,(H,24,26,29). The van der Waals surface area contributed by atoms with Crippen molar-refractivity contribution in [2.45, 2.75) is 32.7 Å². The highest BCUT2D eigenvalue weighted by molar-refractivity contribution is 6.34. The lowest BCUT2D eigenvalue weighted by molar-refractivity contribution is 0.102. The van der Waals surface area contributed by atoms with E-state index in [1.807, 2.05) is 35.8 Å². The average molecular weight is 429 g/mol. The van der Waals surface area contributed by atoms with Gasteiger partial charge in [0.25, 0.3) is 5.91 Å². The summed E-state index contributed by atoms with van der Waals surface area (Å²) in [6.45, 7) is 5.75. The van der Waals surface area contributed by atoms with Crippen LogP contribution in [0.2, 0.25) is 5.02 Å². The van der Waals surface area contributed by atoms with Gasteiger partial charge in [0.2, 0.25) is 11.9 Å². The molecule has 30 heavy (non-hydrogen) atoms. The van der Waals surface area contributed by atoms with Gasteiger partial charge < -0.3 is 14.2 Å². The Morgan fingerprint density at radius 1 is 1.23 bits per heavy atom. The van der Waals surface area contributed by atoms with Gasteiger partial charge in [0.05, 0.1) is 22.3 Å². The summed E-state index contributed by atoms with van der Waals surface area (Å²) < 4.78 is 7.44. The van der Waals surface area contributed by atoms with Gasteiger partial charge in [-0.25, -0.2) is 15.0 Å². The van der Waals surface area contributed by atoms with E-state index < -0.39 is 5.91 Å². The molecule has 0 bridgehead atoms. The number of hydrogen-bond acceptors (Lipinski definition) is 6. The first kappa shape index (κ1) is 20.6. The largest absolute Gasteiger partial charge is 0.382 e. The van der Waals surface area contributed by atoms with E-state index >= 15 is 0 Å². The summed E-state index contributed by atoms with van der Waals surface area (Å²) in [7, 11) is 0. The first-order valence-electron chi connectivity index (χ1n) is 10.3. The second-order valence-corrected chi connectivity index (χ2v) is 7.55. The molecule has 9 heteroatoms. The number of imidazole rings is 1. The summed E-state index contributed by atoms with van der Waals surface area (Å²) in [5.41, 5.74) is 1.92. The number of ether oxygens (including phenoxy) is 1. The van der Waals surface area contributed by atoms with E-state index in [9.17, 15) is 4.79 Å². The van der Waals surface area contributed by atoms with Crippen LogP contribution in [0, 0.1) is 0 Å². The molecule has 1 aliphatic heterocycles. The molecule has 0 radical (unpaired) electrons. The number of carbonyl (C=O) groups is 1. The zero-order valence-corrected chi connectivity index (χ0v) is 17.7. The van der Waals surface area contributed by atoms with Gasteiger partial charge in [0.1, 0.15) is 0 Å². The molecule has 1 amide bonds. The van der Waals surface area contributed by atoms with Crippen LogP contribution in [0.1, 0.15) is 36.7 Å². The van der Waals surface area contributed by atoms with Crippen molar-refractivity contribution in [1.29, 1.82) is 0 Å². The number of fused-ring (bicyclic) bond motifs is 1. The molecular formula is C21H25ClN6O2.